The number of rotatable bonds is 7. The van der Waals surface area contributed by atoms with Crippen LogP contribution < -0.4 is 10.6 Å². The van der Waals surface area contributed by atoms with Gasteiger partial charge in [-0.1, -0.05) is 6.92 Å². The van der Waals surface area contributed by atoms with Crippen molar-refractivity contribution in [2.45, 2.75) is 38.6 Å². The van der Waals surface area contributed by atoms with Gasteiger partial charge >= 0.3 is 0 Å². The van der Waals surface area contributed by atoms with Gasteiger partial charge in [0.15, 0.2) is 0 Å². The summed E-state index contributed by atoms with van der Waals surface area (Å²) >= 11 is 0. The van der Waals surface area contributed by atoms with Crippen molar-refractivity contribution in [2.75, 3.05) is 38.5 Å². The first kappa shape index (κ1) is 16.0. The first-order valence-corrected chi connectivity index (χ1v) is 7.95. The minimum Gasteiger partial charge on any atom is -0.320 e. The molecule has 0 spiro atoms. The molecule has 6 nitrogen and oxygen atoms in total. The minimum absolute atomic E-state index is 0.0676. The normalized spacial score (nSPS) is 17.0. The van der Waals surface area contributed by atoms with Crippen molar-refractivity contribution >= 4 is 11.7 Å². The summed E-state index contributed by atoms with van der Waals surface area (Å²) < 4.78 is 1.99. The fourth-order valence-corrected chi connectivity index (χ4v) is 2.82. The molecule has 2 rings (SSSR count). The van der Waals surface area contributed by atoms with E-state index in [-0.39, 0.29) is 5.91 Å². The van der Waals surface area contributed by atoms with Gasteiger partial charge in [-0.05, 0) is 39.4 Å². The molecule has 1 aliphatic rings. The summed E-state index contributed by atoms with van der Waals surface area (Å²) in [7, 11) is 1.90. The Balaban J connectivity index is 1.88. The van der Waals surface area contributed by atoms with Crippen molar-refractivity contribution in [1.82, 2.24) is 20.0 Å². The molecule has 0 aliphatic carbocycles. The van der Waals surface area contributed by atoms with Gasteiger partial charge in [-0.2, -0.15) is 5.10 Å². The van der Waals surface area contributed by atoms with Crippen LogP contribution >= 0.6 is 0 Å². The molecule has 0 radical (unpaired) electrons. The van der Waals surface area contributed by atoms with Gasteiger partial charge < -0.3 is 15.5 Å². The number of likely N-dealkylation sites (tertiary alicyclic amines) is 1. The van der Waals surface area contributed by atoms with Crippen LogP contribution in [0, 0.1) is 0 Å². The lowest BCUT2D eigenvalue weighted by atomic mass is 10.1. The zero-order chi connectivity index (χ0) is 15.1. The second kappa shape index (κ2) is 8.14. The molecule has 0 saturated carbocycles. The number of piperidine rings is 1. The van der Waals surface area contributed by atoms with Gasteiger partial charge in [0.2, 0.25) is 5.91 Å². The molecular formula is C15H27N5O. The highest BCUT2D eigenvalue weighted by atomic mass is 16.1. The highest BCUT2D eigenvalue weighted by Gasteiger charge is 2.22. The Morgan fingerprint density at radius 1 is 1.43 bits per heavy atom. The molecule has 6 heteroatoms. The maximum absolute atomic E-state index is 11.9. The third-order valence-electron chi connectivity index (χ3n) is 4.12. The van der Waals surface area contributed by atoms with Crippen LogP contribution in [0.15, 0.2) is 12.3 Å². The minimum atomic E-state index is 0.0676. The average Bonchev–Trinajstić information content (AvgIpc) is 2.95. The molecule has 1 amide bonds. The van der Waals surface area contributed by atoms with Gasteiger partial charge in [0.1, 0.15) is 5.82 Å². The van der Waals surface area contributed by atoms with Crippen LogP contribution in [0.3, 0.4) is 0 Å². The summed E-state index contributed by atoms with van der Waals surface area (Å²) in [6.07, 6.45) is 5.36. The Morgan fingerprint density at radius 3 is 2.86 bits per heavy atom. The summed E-state index contributed by atoms with van der Waals surface area (Å²) in [5, 5.41) is 10.5. The number of nitrogens with zero attached hydrogens (tertiary/aromatic N) is 3. The zero-order valence-corrected chi connectivity index (χ0v) is 13.1. The first-order chi connectivity index (χ1) is 10.2. The van der Waals surface area contributed by atoms with Crippen molar-refractivity contribution in [3.05, 3.63) is 12.3 Å². The van der Waals surface area contributed by atoms with Crippen LogP contribution in [0.2, 0.25) is 0 Å². The fourth-order valence-electron chi connectivity index (χ4n) is 2.82. The molecule has 1 aromatic rings. The van der Waals surface area contributed by atoms with Crippen molar-refractivity contribution in [1.29, 1.82) is 0 Å². The van der Waals surface area contributed by atoms with E-state index >= 15 is 0 Å². The van der Waals surface area contributed by atoms with Gasteiger partial charge in [-0.25, -0.2) is 4.68 Å². The summed E-state index contributed by atoms with van der Waals surface area (Å²) in [4.78, 5) is 14.4. The van der Waals surface area contributed by atoms with Gasteiger partial charge in [0, 0.05) is 25.6 Å². The quantitative estimate of drug-likeness (QED) is 0.748. The molecule has 21 heavy (non-hydrogen) atoms. The predicted molar refractivity (Wildman–Crippen MR) is 84.4 cm³/mol. The topological polar surface area (TPSA) is 62.2 Å². The summed E-state index contributed by atoms with van der Waals surface area (Å²) in [6.45, 7) is 6.39. The van der Waals surface area contributed by atoms with Crippen molar-refractivity contribution in [2.24, 2.45) is 0 Å². The van der Waals surface area contributed by atoms with E-state index in [1.54, 1.807) is 6.20 Å². The van der Waals surface area contributed by atoms with E-state index in [0.717, 1.165) is 51.3 Å². The Kier molecular flexibility index (Phi) is 6.20. The number of hydrogen-bond donors (Lipinski definition) is 2. The van der Waals surface area contributed by atoms with E-state index in [9.17, 15) is 4.79 Å². The molecule has 118 valence electrons. The third kappa shape index (κ3) is 4.54. The molecule has 2 heterocycles. The molecule has 1 fully saturated rings. The Hall–Kier alpha value is -1.40. The fraction of sp³-hybridized carbons (Fsp3) is 0.733. The molecule has 1 aliphatic heterocycles. The van der Waals surface area contributed by atoms with Crippen LogP contribution in [-0.2, 0) is 4.79 Å². The monoisotopic (exact) mass is 293 g/mol. The van der Waals surface area contributed by atoms with Crippen LogP contribution in [0.25, 0.3) is 0 Å². The zero-order valence-electron chi connectivity index (χ0n) is 13.1. The summed E-state index contributed by atoms with van der Waals surface area (Å²) in [5.41, 5.74) is 0. The second-order valence-electron chi connectivity index (χ2n) is 5.58. The molecule has 0 aromatic carbocycles. The van der Waals surface area contributed by atoms with E-state index in [1.807, 2.05) is 17.8 Å². The standard InChI is InChI=1S/C15H27N5O/c1-3-19-11-7-13(8-12-19)20-14(6-10-17-20)18-15(21)5-4-9-16-2/h6,10,13,16H,3-5,7-9,11-12H2,1-2H3,(H,18,21). The van der Waals surface area contributed by atoms with E-state index < -0.39 is 0 Å². The first-order valence-electron chi connectivity index (χ1n) is 7.95. The molecule has 0 bridgehead atoms. The smallest absolute Gasteiger partial charge is 0.225 e. The maximum Gasteiger partial charge on any atom is 0.225 e. The molecule has 1 saturated heterocycles. The molecule has 2 N–H and O–H groups in total. The van der Waals surface area contributed by atoms with Gasteiger partial charge in [0.05, 0.1) is 12.2 Å². The Bertz CT molecular complexity index is 437. The lowest BCUT2D eigenvalue weighted by Gasteiger charge is -2.31. The van der Waals surface area contributed by atoms with Gasteiger partial charge in [-0.15, -0.1) is 0 Å². The highest BCUT2D eigenvalue weighted by Crippen LogP contribution is 2.25. The predicted octanol–water partition coefficient (Wildman–Crippen LogP) is 1.48. The molecule has 0 unspecified atom stereocenters. The van der Waals surface area contributed by atoms with Crippen LogP contribution in [0.1, 0.15) is 38.6 Å². The lowest BCUT2D eigenvalue weighted by Crippen LogP contribution is -2.35. The molecule has 0 atom stereocenters. The summed E-state index contributed by atoms with van der Waals surface area (Å²) in [5.74, 6) is 0.900. The highest BCUT2D eigenvalue weighted by molar-refractivity contribution is 5.89. The number of carbonyl (C=O) groups is 1. The second-order valence-corrected chi connectivity index (χ2v) is 5.58. The number of aromatic nitrogens is 2. The van der Waals surface area contributed by atoms with E-state index in [2.05, 4.69) is 27.6 Å². The number of hydrogen-bond acceptors (Lipinski definition) is 4. The molecular weight excluding hydrogens is 266 g/mol. The van der Waals surface area contributed by atoms with E-state index in [0.29, 0.717) is 12.5 Å². The average molecular weight is 293 g/mol. The van der Waals surface area contributed by atoms with Gasteiger partial charge in [0.25, 0.3) is 0 Å². The third-order valence-corrected chi connectivity index (χ3v) is 4.12. The van der Waals surface area contributed by atoms with Crippen LogP contribution in [0.4, 0.5) is 5.82 Å². The maximum atomic E-state index is 11.9. The largest absolute Gasteiger partial charge is 0.320 e. The summed E-state index contributed by atoms with van der Waals surface area (Å²) in [6, 6.07) is 2.29. The van der Waals surface area contributed by atoms with Gasteiger partial charge in [-0.3, -0.25) is 4.79 Å². The van der Waals surface area contributed by atoms with E-state index in [1.165, 1.54) is 0 Å². The van der Waals surface area contributed by atoms with E-state index in [4.69, 9.17) is 0 Å². The Labute approximate surface area is 126 Å². The SMILES string of the molecule is CCN1CCC(n2nccc2NC(=O)CCCNC)CC1. The van der Waals surface area contributed by atoms with Crippen LogP contribution in [-0.4, -0.2) is 53.8 Å². The number of carbonyl (C=O) groups excluding carboxylic acids is 1. The van der Waals surface area contributed by atoms with Crippen molar-refractivity contribution in [3.8, 4) is 0 Å². The number of amides is 1. The lowest BCUT2D eigenvalue weighted by molar-refractivity contribution is -0.116. The number of anilines is 1. The van der Waals surface area contributed by atoms with Crippen molar-refractivity contribution < 1.29 is 4.79 Å². The van der Waals surface area contributed by atoms with Crippen molar-refractivity contribution in [3.63, 3.8) is 0 Å². The van der Waals surface area contributed by atoms with Crippen LogP contribution in [0.5, 0.6) is 0 Å². The number of nitrogens with one attached hydrogen (secondary N) is 2. The Morgan fingerprint density at radius 2 is 2.19 bits per heavy atom. The molecule has 1 aromatic heterocycles.